The van der Waals surface area contributed by atoms with Crippen LogP contribution in [0.1, 0.15) is 23.2 Å². The van der Waals surface area contributed by atoms with Gasteiger partial charge in [0.05, 0.1) is 17.0 Å². The first-order valence-electron chi connectivity index (χ1n) is 6.88. The highest BCUT2D eigenvalue weighted by Crippen LogP contribution is 2.20. The second-order valence-corrected chi connectivity index (χ2v) is 5.19. The van der Waals surface area contributed by atoms with Gasteiger partial charge in [-0.3, -0.25) is 19.6 Å². The zero-order chi connectivity index (χ0) is 14.8. The molecule has 1 amide bonds. The van der Waals surface area contributed by atoms with E-state index >= 15 is 0 Å². The Kier molecular flexibility index (Phi) is 3.51. The summed E-state index contributed by atoms with van der Waals surface area (Å²) in [5, 5.41) is 9.09. The van der Waals surface area contributed by atoms with Crippen LogP contribution in [0.4, 0.5) is 0 Å². The molecule has 1 aromatic carbocycles. The number of aromatic nitrogens is 2. The topological polar surface area (TPSA) is 83.4 Å². The molecule has 1 aromatic heterocycles. The first-order valence-corrected chi connectivity index (χ1v) is 6.88. The van der Waals surface area contributed by atoms with Gasteiger partial charge in [-0.05, 0) is 31.0 Å². The lowest BCUT2D eigenvalue weighted by molar-refractivity contribution is -0.143. The maximum Gasteiger partial charge on any atom is 0.308 e. The summed E-state index contributed by atoms with van der Waals surface area (Å²) in [4.78, 5) is 33.5. The van der Waals surface area contributed by atoms with Crippen molar-refractivity contribution in [3.8, 4) is 0 Å². The van der Waals surface area contributed by atoms with Crippen molar-refractivity contribution in [3.63, 3.8) is 0 Å². The molecule has 1 aliphatic heterocycles. The molecule has 1 aliphatic rings. The van der Waals surface area contributed by atoms with Gasteiger partial charge in [0.25, 0.3) is 5.91 Å². The highest BCUT2D eigenvalue weighted by atomic mass is 16.4. The number of hydrogen-bond donors (Lipinski definition) is 1. The van der Waals surface area contributed by atoms with Crippen LogP contribution in [0, 0.1) is 5.92 Å². The van der Waals surface area contributed by atoms with E-state index in [1.807, 2.05) is 0 Å². The lowest BCUT2D eigenvalue weighted by Gasteiger charge is -2.30. The van der Waals surface area contributed by atoms with Gasteiger partial charge in [0.15, 0.2) is 0 Å². The van der Waals surface area contributed by atoms with E-state index in [9.17, 15) is 9.59 Å². The molecule has 0 aliphatic carbocycles. The molecule has 1 unspecified atom stereocenters. The third kappa shape index (κ3) is 2.69. The number of carbonyl (C=O) groups is 2. The minimum Gasteiger partial charge on any atom is -0.481 e. The molecule has 1 atom stereocenters. The second-order valence-electron chi connectivity index (χ2n) is 5.19. The van der Waals surface area contributed by atoms with Gasteiger partial charge < -0.3 is 10.0 Å². The first kappa shape index (κ1) is 13.5. The molecule has 6 heteroatoms. The molecule has 3 rings (SSSR count). The van der Waals surface area contributed by atoms with E-state index < -0.39 is 11.9 Å². The molecule has 0 radical (unpaired) electrons. The van der Waals surface area contributed by atoms with Crippen LogP contribution in [0.5, 0.6) is 0 Å². The monoisotopic (exact) mass is 285 g/mol. The summed E-state index contributed by atoms with van der Waals surface area (Å²) in [5.74, 6) is -1.45. The predicted octanol–water partition coefficient (Wildman–Crippen LogP) is 1.57. The molecule has 0 spiro atoms. The fourth-order valence-corrected chi connectivity index (χ4v) is 2.64. The van der Waals surface area contributed by atoms with Crippen LogP contribution >= 0.6 is 0 Å². The number of piperidine rings is 1. The molecule has 0 saturated carbocycles. The second kappa shape index (κ2) is 5.47. The Morgan fingerprint density at radius 3 is 2.71 bits per heavy atom. The van der Waals surface area contributed by atoms with E-state index in [-0.39, 0.29) is 12.5 Å². The number of nitrogens with zero attached hydrogens (tertiary/aromatic N) is 3. The summed E-state index contributed by atoms with van der Waals surface area (Å²) in [7, 11) is 0. The van der Waals surface area contributed by atoms with Gasteiger partial charge in [-0.25, -0.2) is 0 Å². The number of carboxylic acid groups (broad SMARTS) is 1. The summed E-state index contributed by atoms with van der Waals surface area (Å²) in [6.07, 6.45) is 4.53. The maximum atomic E-state index is 12.5. The maximum absolute atomic E-state index is 12.5. The Morgan fingerprint density at radius 2 is 1.95 bits per heavy atom. The Morgan fingerprint density at radius 1 is 1.19 bits per heavy atom. The van der Waals surface area contributed by atoms with Crippen LogP contribution in [0.25, 0.3) is 11.0 Å². The Balaban J connectivity index is 1.84. The quantitative estimate of drug-likeness (QED) is 0.905. The third-order valence-electron chi connectivity index (χ3n) is 3.77. The lowest BCUT2D eigenvalue weighted by Crippen LogP contribution is -2.42. The molecule has 1 fully saturated rings. The summed E-state index contributed by atoms with van der Waals surface area (Å²) in [5.41, 5.74) is 1.92. The Bertz CT molecular complexity index is 701. The summed E-state index contributed by atoms with van der Waals surface area (Å²) < 4.78 is 0. The van der Waals surface area contributed by atoms with E-state index in [2.05, 4.69) is 9.97 Å². The third-order valence-corrected chi connectivity index (χ3v) is 3.77. The number of benzene rings is 1. The molecule has 21 heavy (non-hydrogen) atoms. The number of hydrogen-bond acceptors (Lipinski definition) is 4. The standard InChI is InChI=1S/C15H15N3O3/c19-14(18-7-1-2-11(9-18)15(20)21)10-3-4-12-13(8-10)17-6-5-16-12/h3-6,8,11H,1-2,7,9H2,(H,20,21). The number of likely N-dealkylation sites (tertiary alicyclic amines) is 1. The molecule has 0 bridgehead atoms. The van der Waals surface area contributed by atoms with E-state index in [4.69, 9.17) is 5.11 Å². The van der Waals surface area contributed by atoms with Crippen LogP contribution in [0.2, 0.25) is 0 Å². The fraction of sp³-hybridized carbons (Fsp3) is 0.333. The Hall–Kier alpha value is -2.50. The Labute approximate surface area is 121 Å². The molecular formula is C15H15N3O3. The molecular weight excluding hydrogens is 270 g/mol. The van der Waals surface area contributed by atoms with Crippen molar-refractivity contribution in [2.75, 3.05) is 13.1 Å². The van der Waals surface area contributed by atoms with Crippen LogP contribution in [-0.2, 0) is 4.79 Å². The number of carboxylic acids is 1. The molecule has 108 valence electrons. The van der Waals surface area contributed by atoms with Crippen LogP contribution in [0.3, 0.4) is 0 Å². The van der Waals surface area contributed by atoms with Crippen molar-refractivity contribution in [2.24, 2.45) is 5.92 Å². The lowest BCUT2D eigenvalue weighted by atomic mass is 9.97. The van der Waals surface area contributed by atoms with Crippen LogP contribution < -0.4 is 0 Å². The van der Waals surface area contributed by atoms with Gasteiger partial charge in [-0.15, -0.1) is 0 Å². The van der Waals surface area contributed by atoms with Crippen molar-refractivity contribution in [2.45, 2.75) is 12.8 Å². The number of carbonyl (C=O) groups excluding carboxylic acids is 1. The van der Waals surface area contributed by atoms with Crippen molar-refractivity contribution >= 4 is 22.9 Å². The molecule has 2 aromatic rings. The minimum absolute atomic E-state index is 0.145. The van der Waals surface area contributed by atoms with Crippen LogP contribution in [0.15, 0.2) is 30.6 Å². The van der Waals surface area contributed by atoms with Gasteiger partial charge in [-0.2, -0.15) is 0 Å². The van der Waals surface area contributed by atoms with Crippen molar-refractivity contribution in [3.05, 3.63) is 36.2 Å². The highest BCUT2D eigenvalue weighted by Gasteiger charge is 2.28. The van der Waals surface area contributed by atoms with Gasteiger partial charge in [0.1, 0.15) is 0 Å². The first-order chi connectivity index (χ1) is 10.1. The average Bonchev–Trinajstić information content (AvgIpc) is 2.53. The van der Waals surface area contributed by atoms with E-state index in [0.717, 1.165) is 11.9 Å². The molecule has 1 saturated heterocycles. The van der Waals surface area contributed by atoms with E-state index in [1.165, 1.54) is 0 Å². The van der Waals surface area contributed by atoms with E-state index in [1.54, 1.807) is 35.5 Å². The summed E-state index contributed by atoms with van der Waals surface area (Å²) >= 11 is 0. The zero-order valence-corrected chi connectivity index (χ0v) is 11.4. The smallest absolute Gasteiger partial charge is 0.308 e. The zero-order valence-electron chi connectivity index (χ0n) is 11.4. The van der Waals surface area contributed by atoms with Gasteiger partial charge in [0, 0.05) is 31.0 Å². The summed E-state index contributed by atoms with van der Waals surface area (Å²) in [6.45, 7) is 0.869. The SMILES string of the molecule is O=C(O)C1CCCN(C(=O)c2ccc3nccnc3c2)C1. The molecule has 2 heterocycles. The van der Waals surface area contributed by atoms with Crippen LogP contribution in [-0.4, -0.2) is 44.9 Å². The summed E-state index contributed by atoms with van der Waals surface area (Å²) in [6, 6.07) is 5.17. The highest BCUT2D eigenvalue weighted by molar-refractivity contribution is 5.97. The molecule has 6 nitrogen and oxygen atoms in total. The van der Waals surface area contributed by atoms with Crippen molar-refractivity contribution in [1.82, 2.24) is 14.9 Å². The van der Waals surface area contributed by atoms with Crippen molar-refractivity contribution < 1.29 is 14.7 Å². The van der Waals surface area contributed by atoms with Crippen molar-refractivity contribution in [1.29, 1.82) is 0 Å². The van der Waals surface area contributed by atoms with Gasteiger partial charge in [0.2, 0.25) is 0 Å². The average molecular weight is 285 g/mol. The number of aliphatic carboxylic acids is 1. The minimum atomic E-state index is -0.836. The fourth-order valence-electron chi connectivity index (χ4n) is 2.64. The normalized spacial score (nSPS) is 18.7. The number of rotatable bonds is 2. The van der Waals surface area contributed by atoms with Gasteiger partial charge in [-0.1, -0.05) is 0 Å². The number of amides is 1. The largest absolute Gasteiger partial charge is 0.481 e. The molecule has 1 N–H and O–H groups in total. The number of fused-ring (bicyclic) bond motifs is 1. The van der Waals surface area contributed by atoms with E-state index in [0.29, 0.717) is 24.0 Å². The predicted molar refractivity (Wildman–Crippen MR) is 75.8 cm³/mol. The van der Waals surface area contributed by atoms with Gasteiger partial charge >= 0.3 is 5.97 Å².